The zero-order valence-electron chi connectivity index (χ0n) is 17.9. The molecule has 144 valence electrons. The molecule has 2 aliphatic carbocycles. The summed E-state index contributed by atoms with van der Waals surface area (Å²) in [4.78, 5) is 0. The third-order valence-electron chi connectivity index (χ3n) is 5.64. The van der Waals surface area contributed by atoms with Gasteiger partial charge in [-0.05, 0) is 35.1 Å². The maximum Gasteiger partial charge on any atom is 0.111 e. The number of fused-ring (bicyclic) bond motifs is 2. The highest BCUT2D eigenvalue weighted by atomic mass is 18.2. The Balaban J connectivity index is 0.000000172. The number of halogens is 2. The van der Waals surface area contributed by atoms with E-state index in [1.807, 2.05) is 48.5 Å². The van der Waals surface area contributed by atoms with E-state index < -0.39 is 24.6 Å². The molecule has 4 atom stereocenters. The molecule has 4 rings (SSSR count). The molecular formula is C26H26F2. The summed E-state index contributed by atoms with van der Waals surface area (Å²) in [5, 5.41) is 0. The quantitative estimate of drug-likeness (QED) is 0.561. The first kappa shape index (κ1) is 17.5. The molecule has 0 unspecified atom stereocenters. The van der Waals surface area contributed by atoms with Crippen molar-refractivity contribution in [2.75, 3.05) is 0 Å². The standard InChI is InChI=1S/2C13H13F/c2*1-2-3-7-12-11-8-5-4-6-10(11)9-13(12)14/h2*1,4-6,8,12-13H,3,7,9H2/t2*12-,13-/m00/s1/i3D2,14-1;14-1. The van der Waals surface area contributed by atoms with Crippen LogP contribution in [-0.4, -0.2) is 12.3 Å². The molecule has 0 fully saturated rings. The molecule has 0 radical (unpaired) electrons. The summed E-state index contributed by atoms with van der Waals surface area (Å²) in [6.45, 7) is 0. The fourth-order valence-corrected chi connectivity index (χ4v) is 4.24. The average Bonchev–Trinajstić information content (AvgIpc) is 3.22. The molecule has 2 aromatic carbocycles. The first-order valence-corrected chi connectivity index (χ1v) is 9.71. The van der Waals surface area contributed by atoms with E-state index in [0.717, 1.165) is 28.7 Å². The first-order valence-electron chi connectivity index (χ1n) is 10.7. The second kappa shape index (κ2) is 9.57. The number of hydrogen-bond donors (Lipinski definition) is 0. The van der Waals surface area contributed by atoms with Gasteiger partial charge in [-0.2, -0.15) is 0 Å². The van der Waals surface area contributed by atoms with Crippen molar-refractivity contribution in [2.45, 2.75) is 62.7 Å². The molecule has 0 nitrogen and oxygen atoms in total. The van der Waals surface area contributed by atoms with E-state index in [0.29, 0.717) is 19.3 Å². The Morgan fingerprint density at radius 3 is 1.82 bits per heavy atom. The van der Waals surface area contributed by atoms with Gasteiger partial charge < -0.3 is 0 Å². The average molecular weight is 377 g/mol. The van der Waals surface area contributed by atoms with E-state index in [1.54, 1.807) is 0 Å². The summed E-state index contributed by atoms with van der Waals surface area (Å²) in [5.41, 5.74) is 4.21. The normalized spacial score (nSPS) is 25.9. The van der Waals surface area contributed by atoms with Crippen LogP contribution in [0, 0.1) is 24.7 Å². The van der Waals surface area contributed by atoms with Crippen LogP contribution < -0.4 is 0 Å². The van der Waals surface area contributed by atoms with Crippen molar-refractivity contribution < 1.29 is 11.5 Å². The van der Waals surface area contributed by atoms with E-state index in [4.69, 9.17) is 15.6 Å². The Hall–Kier alpha value is -2.58. The Morgan fingerprint density at radius 1 is 0.821 bits per heavy atom. The van der Waals surface area contributed by atoms with Crippen molar-refractivity contribution in [3.05, 3.63) is 70.8 Å². The zero-order chi connectivity index (χ0) is 21.7. The molecular weight excluding hydrogens is 348 g/mol. The lowest BCUT2D eigenvalue weighted by Gasteiger charge is -2.11. The predicted molar refractivity (Wildman–Crippen MR) is 112 cm³/mol. The Labute approximate surface area is 170 Å². The van der Waals surface area contributed by atoms with Crippen molar-refractivity contribution in [1.29, 1.82) is 0 Å². The number of benzene rings is 2. The molecule has 28 heavy (non-hydrogen) atoms. The van der Waals surface area contributed by atoms with Crippen molar-refractivity contribution in [3.63, 3.8) is 0 Å². The van der Waals surface area contributed by atoms with Gasteiger partial charge in [0.05, 0.1) is 0 Å². The molecule has 0 bridgehead atoms. The van der Waals surface area contributed by atoms with Crippen molar-refractivity contribution in [3.8, 4) is 24.7 Å². The van der Waals surface area contributed by atoms with E-state index in [-0.39, 0.29) is 12.3 Å². The van der Waals surface area contributed by atoms with Crippen LogP contribution in [0.3, 0.4) is 0 Å². The van der Waals surface area contributed by atoms with Gasteiger partial charge in [-0.25, -0.2) is 8.78 Å². The maximum atomic E-state index is 13.8. The minimum Gasteiger partial charge on any atom is -0.246 e. The number of rotatable bonds is 4. The highest BCUT2D eigenvalue weighted by Gasteiger charge is 2.32. The summed E-state index contributed by atoms with van der Waals surface area (Å²) < 4.78 is 42.5. The summed E-state index contributed by atoms with van der Waals surface area (Å²) in [7, 11) is 0. The molecule has 0 N–H and O–H groups in total. The van der Waals surface area contributed by atoms with E-state index in [2.05, 4.69) is 11.8 Å². The van der Waals surface area contributed by atoms with Crippen LogP contribution in [0.4, 0.5) is 8.78 Å². The second-order valence-electron chi connectivity index (χ2n) is 7.32. The van der Waals surface area contributed by atoms with Crippen molar-refractivity contribution in [2.24, 2.45) is 0 Å². The largest absolute Gasteiger partial charge is 0.246 e. The van der Waals surface area contributed by atoms with E-state index in [1.165, 1.54) is 0 Å². The smallest absolute Gasteiger partial charge is 0.111 e. The third kappa shape index (κ3) is 4.45. The molecule has 0 aliphatic heterocycles. The second-order valence-corrected chi connectivity index (χ2v) is 7.32. The van der Waals surface area contributed by atoms with E-state index >= 15 is 0 Å². The van der Waals surface area contributed by atoms with Crippen LogP contribution >= 0.6 is 0 Å². The Kier molecular flexibility index (Phi) is 5.98. The van der Waals surface area contributed by atoms with Crippen molar-refractivity contribution >= 4 is 0 Å². The Morgan fingerprint density at radius 2 is 1.32 bits per heavy atom. The number of hydrogen-bond acceptors (Lipinski definition) is 0. The van der Waals surface area contributed by atoms with Gasteiger partial charge in [0.1, 0.15) is 12.3 Å². The number of alkyl halides is 2. The fraction of sp³-hybridized carbons (Fsp3) is 0.385. The molecule has 0 heterocycles. The molecule has 0 saturated carbocycles. The lowest BCUT2D eigenvalue weighted by molar-refractivity contribution is 0.292. The summed E-state index contributed by atoms with van der Waals surface area (Å²) in [5.74, 6) is 4.29. The summed E-state index contributed by atoms with van der Waals surface area (Å²) in [6, 6.07) is 15.5. The van der Waals surface area contributed by atoms with Crippen LogP contribution in [0.2, 0.25) is 0 Å². The van der Waals surface area contributed by atoms with Gasteiger partial charge in [0.15, 0.2) is 0 Å². The molecule has 0 saturated heterocycles. The van der Waals surface area contributed by atoms with Gasteiger partial charge in [0, 0.05) is 40.2 Å². The predicted octanol–water partition coefficient (Wildman–Crippen LogP) is 6.16. The van der Waals surface area contributed by atoms with Gasteiger partial charge in [-0.15, -0.1) is 24.7 Å². The Bertz CT molecular complexity index is 954. The highest BCUT2D eigenvalue weighted by molar-refractivity contribution is 5.37. The fourth-order valence-electron chi connectivity index (χ4n) is 4.24. The van der Waals surface area contributed by atoms with Gasteiger partial charge in [0.25, 0.3) is 0 Å². The SMILES string of the molecule is C#CCC[C@H]1c2ccccc2C[C@@H]1[18F].[2H]C([2H])(C#C)C[C@H]1c2ccccc2C[C@@H]1[18F]. The lowest BCUT2D eigenvalue weighted by Crippen LogP contribution is -2.07. The molecule has 2 aromatic rings. The lowest BCUT2D eigenvalue weighted by atomic mass is 9.95. The highest BCUT2D eigenvalue weighted by Crippen LogP contribution is 2.39. The van der Waals surface area contributed by atoms with Crippen LogP contribution in [0.15, 0.2) is 48.5 Å². The van der Waals surface area contributed by atoms with Gasteiger partial charge in [0.2, 0.25) is 0 Å². The maximum absolute atomic E-state index is 13.8. The van der Waals surface area contributed by atoms with Gasteiger partial charge >= 0.3 is 0 Å². The first-order chi connectivity index (χ1) is 14.4. The molecule has 2 heteroatoms. The van der Waals surface area contributed by atoms with Crippen LogP contribution in [-0.2, 0) is 12.8 Å². The topological polar surface area (TPSA) is 0 Å². The van der Waals surface area contributed by atoms with Crippen LogP contribution in [0.1, 0.15) is 62.5 Å². The third-order valence-corrected chi connectivity index (χ3v) is 5.64. The monoisotopic (exact) mass is 376 g/mol. The molecule has 2 aliphatic rings. The zero-order valence-corrected chi connectivity index (χ0v) is 15.9. The molecule has 0 spiro atoms. The number of terminal acetylenes is 2. The molecule has 0 amide bonds. The van der Waals surface area contributed by atoms with Gasteiger partial charge in [-0.1, -0.05) is 48.5 Å². The van der Waals surface area contributed by atoms with Crippen LogP contribution in [0.25, 0.3) is 0 Å². The van der Waals surface area contributed by atoms with E-state index in [9.17, 15) is 8.78 Å². The van der Waals surface area contributed by atoms with Crippen molar-refractivity contribution in [1.82, 2.24) is 0 Å². The minimum absolute atomic E-state index is 0.0299. The summed E-state index contributed by atoms with van der Waals surface area (Å²) in [6.07, 6.45) is 9.26. The van der Waals surface area contributed by atoms with Gasteiger partial charge in [-0.3, -0.25) is 0 Å². The minimum atomic E-state index is -1.73. The van der Waals surface area contributed by atoms with Crippen LogP contribution in [0.5, 0.6) is 0 Å². The molecule has 0 aromatic heterocycles. The summed E-state index contributed by atoms with van der Waals surface area (Å²) >= 11 is 0.